The first-order chi connectivity index (χ1) is 22.0. The Morgan fingerprint density at radius 2 is 1.80 bits per heavy atom. The van der Waals surface area contributed by atoms with E-state index in [-0.39, 0.29) is 36.3 Å². The first kappa shape index (κ1) is 32.7. The van der Waals surface area contributed by atoms with Gasteiger partial charge in [-0.1, -0.05) is 6.58 Å². The minimum absolute atomic E-state index is 0.0508. The van der Waals surface area contributed by atoms with Gasteiger partial charge in [0.05, 0.1) is 24.3 Å². The molecule has 2 aliphatic rings. The van der Waals surface area contributed by atoms with E-state index < -0.39 is 23.7 Å². The molecule has 3 aromatic heterocycles. The van der Waals surface area contributed by atoms with E-state index in [0.29, 0.717) is 57.1 Å². The molecule has 0 bridgehead atoms. The highest BCUT2D eigenvalue weighted by molar-refractivity contribution is 5.90. The fourth-order valence-corrected chi connectivity index (χ4v) is 5.54. The monoisotopic (exact) mass is 643 g/mol. The highest BCUT2D eigenvalue weighted by Gasteiger charge is 2.36. The zero-order chi connectivity index (χ0) is 32.8. The van der Waals surface area contributed by atoms with E-state index in [9.17, 15) is 27.6 Å². The normalized spacial score (nSPS) is 15.9. The molecule has 5 rings (SSSR count). The summed E-state index contributed by atoms with van der Waals surface area (Å²) in [7, 11) is 0. The van der Waals surface area contributed by atoms with Crippen molar-refractivity contribution in [3.63, 3.8) is 0 Å². The quantitative estimate of drug-likeness (QED) is 0.337. The van der Waals surface area contributed by atoms with Crippen LogP contribution in [0.15, 0.2) is 37.2 Å². The first-order valence-electron chi connectivity index (χ1n) is 15.1. The topological polar surface area (TPSA) is 137 Å². The average molecular weight is 644 g/mol. The van der Waals surface area contributed by atoms with E-state index in [4.69, 9.17) is 4.74 Å². The molecule has 0 unspecified atom stereocenters. The molecule has 0 saturated carbocycles. The number of aromatic nitrogens is 4. The van der Waals surface area contributed by atoms with Crippen molar-refractivity contribution >= 4 is 35.1 Å². The van der Waals surface area contributed by atoms with Gasteiger partial charge in [-0.3, -0.25) is 19.8 Å². The van der Waals surface area contributed by atoms with Crippen molar-refractivity contribution in [3.05, 3.63) is 48.3 Å². The minimum atomic E-state index is -4.78. The van der Waals surface area contributed by atoms with Crippen molar-refractivity contribution in [1.29, 1.82) is 0 Å². The van der Waals surface area contributed by atoms with Gasteiger partial charge in [-0.2, -0.15) is 13.2 Å². The number of carbonyl (C=O) groups excluding carboxylic acids is 3. The standard InChI is InChI=1S/C30H36F3N9O4/c1-3-25(43)35-17-26(44)40-12-10-39(11-13-40)18-20-14-23-28(41-8-6-5-7-9-41)37-27(38-42(23)19-20)21-16-34-24(36-29(45)46-4-2)15-22(21)30(31,32)33/h3,14-16,19H,1,4-13,17-18H2,2H3,(H,35,43)(H,34,36,45). The van der Waals surface area contributed by atoms with Gasteiger partial charge in [0, 0.05) is 58.2 Å². The van der Waals surface area contributed by atoms with Crippen LogP contribution >= 0.6 is 0 Å². The lowest BCUT2D eigenvalue weighted by Gasteiger charge is -2.34. The number of nitrogens with one attached hydrogen (secondary N) is 2. The predicted octanol–water partition coefficient (Wildman–Crippen LogP) is 3.32. The number of alkyl halides is 3. The second-order valence-electron chi connectivity index (χ2n) is 11.0. The first-order valence-corrected chi connectivity index (χ1v) is 15.1. The number of piperidine rings is 1. The molecule has 16 heteroatoms. The molecule has 3 aromatic rings. The van der Waals surface area contributed by atoms with E-state index in [2.05, 4.69) is 42.1 Å². The Balaban J connectivity index is 1.41. The number of nitrogens with zero attached hydrogens (tertiary/aromatic N) is 7. The molecule has 2 N–H and O–H groups in total. The minimum Gasteiger partial charge on any atom is -0.450 e. The summed E-state index contributed by atoms with van der Waals surface area (Å²) < 4.78 is 49.3. The largest absolute Gasteiger partial charge is 0.450 e. The number of hydrogen-bond acceptors (Lipinski definition) is 9. The molecule has 246 valence electrons. The molecule has 2 saturated heterocycles. The van der Waals surface area contributed by atoms with E-state index in [1.54, 1.807) is 22.5 Å². The second-order valence-corrected chi connectivity index (χ2v) is 11.0. The van der Waals surface area contributed by atoms with Crippen LogP contribution in [0, 0.1) is 0 Å². The van der Waals surface area contributed by atoms with Crippen LogP contribution in [0.5, 0.6) is 0 Å². The summed E-state index contributed by atoms with van der Waals surface area (Å²) in [5.74, 6) is -0.491. The Bertz CT molecular complexity index is 1600. The van der Waals surface area contributed by atoms with Gasteiger partial charge in [0.15, 0.2) is 11.6 Å². The third-order valence-electron chi connectivity index (χ3n) is 7.84. The number of ether oxygens (including phenoxy) is 1. The van der Waals surface area contributed by atoms with Crippen LogP contribution in [-0.2, 0) is 27.0 Å². The van der Waals surface area contributed by atoms with Gasteiger partial charge in [-0.25, -0.2) is 19.3 Å². The molecule has 2 aliphatic heterocycles. The fourth-order valence-electron chi connectivity index (χ4n) is 5.54. The van der Waals surface area contributed by atoms with E-state index in [1.165, 1.54) is 0 Å². The zero-order valence-corrected chi connectivity index (χ0v) is 25.5. The number of amides is 3. The third-order valence-corrected chi connectivity index (χ3v) is 7.84. The van der Waals surface area contributed by atoms with Gasteiger partial charge >= 0.3 is 12.3 Å². The number of piperazine rings is 1. The molecule has 46 heavy (non-hydrogen) atoms. The summed E-state index contributed by atoms with van der Waals surface area (Å²) in [5, 5.41) is 9.22. The van der Waals surface area contributed by atoms with E-state index in [0.717, 1.165) is 43.2 Å². The van der Waals surface area contributed by atoms with Crippen LogP contribution in [0.1, 0.15) is 37.3 Å². The summed E-state index contributed by atoms with van der Waals surface area (Å²) in [6.07, 6.45) is 1.15. The smallest absolute Gasteiger partial charge is 0.417 e. The highest BCUT2D eigenvalue weighted by atomic mass is 19.4. The number of hydrogen-bond donors (Lipinski definition) is 2. The number of fused-ring (bicyclic) bond motifs is 1. The predicted molar refractivity (Wildman–Crippen MR) is 163 cm³/mol. The molecular weight excluding hydrogens is 607 g/mol. The molecule has 0 radical (unpaired) electrons. The molecule has 5 heterocycles. The zero-order valence-electron chi connectivity index (χ0n) is 25.5. The van der Waals surface area contributed by atoms with Crippen LogP contribution in [0.25, 0.3) is 16.9 Å². The van der Waals surface area contributed by atoms with Crippen LogP contribution in [0.4, 0.5) is 29.6 Å². The lowest BCUT2D eigenvalue weighted by molar-refractivity contribution is -0.137. The lowest BCUT2D eigenvalue weighted by atomic mass is 10.1. The molecule has 0 aromatic carbocycles. The van der Waals surface area contributed by atoms with Crippen molar-refractivity contribution < 1.29 is 32.3 Å². The number of carbonyl (C=O) groups is 3. The maximum absolute atomic E-state index is 14.3. The Morgan fingerprint density at radius 1 is 1.07 bits per heavy atom. The van der Waals surface area contributed by atoms with Crippen molar-refractivity contribution in [2.24, 2.45) is 0 Å². The maximum atomic E-state index is 14.3. The Labute approximate surface area is 263 Å². The van der Waals surface area contributed by atoms with Crippen LogP contribution < -0.4 is 15.5 Å². The molecule has 3 amide bonds. The lowest BCUT2D eigenvalue weighted by Crippen LogP contribution is -2.50. The van der Waals surface area contributed by atoms with Crippen molar-refractivity contribution in [1.82, 2.24) is 34.7 Å². The second kappa shape index (κ2) is 14.1. The molecule has 0 aliphatic carbocycles. The Hall–Kier alpha value is -4.73. The summed E-state index contributed by atoms with van der Waals surface area (Å²) in [6.45, 7) is 9.08. The van der Waals surface area contributed by atoms with Gasteiger partial charge in [0.2, 0.25) is 11.8 Å². The molecular formula is C30H36F3N9O4. The Kier molecular flexibility index (Phi) is 10.0. The van der Waals surface area contributed by atoms with E-state index in [1.807, 2.05) is 6.07 Å². The van der Waals surface area contributed by atoms with Crippen molar-refractivity contribution in [2.45, 2.75) is 38.9 Å². The highest BCUT2D eigenvalue weighted by Crippen LogP contribution is 2.38. The number of anilines is 2. The van der Waals surface area contributed by atoms with Gasteiger partial charge in [0.25, 0.3) is 0 Å². The number of halogens is 3. The summed E-state index contributed by atoms with van der Waals surface area (Å²) >= 11 is 0. The van der Waals surface area contributed by atoms with Gasteiger partial charge in [-0.05, 0) is 50.0 Å². The molecule has 13 nitrogen and oxygen atoms in total. The van der Waals surface area contributed by atoms with Crippen molar-refractivity contribution in [2.75, 3.05) is 62.6 Å². The van der Waals surface area contributed by atoms with Crippen LogP contribution in [0.2, 0.25) is 0 Å². The Morgan fingerprint density at radius 3 is 2.48 bits per heavy atom. The van der Waals surface area contributed by atoms with Crippen LogP contribution in [0.3, 0.4) is 0 Å². The number of pyridine rings is 1. The fraction of sp³-hybridized carbons (Fsp3) is 0.467. The molecule has 0 spiro atoms. The summed E-state index contributed by atoms with van der Waals surface area (Å²) in [6, 6.07) is 2.70. The number of rotatable bonds is 9. The van der Waals surface area contributed by atoms with Gasteiger partial charge in [-0.15, -0.1) is 5.10 Å². The maximum Gasteiger partial charge on any atom is 0.417 e. The van der Waals surface area contributed by atoms with Gasteiger partial charge in [0.1, 0.15) is 11.3 Å². The molecule has 2 fully saturated rings. The SMILES string of the molecule is C=CC(=O)NCC(=O)N1CCN(Cc2cc3c(N4CCCCC4)nc(-c4cnc(NC(=O)OCC)cc4C(F)(F)F)nn3c2)CC1. The third kappa shape index (κ3) is 7.73. The van der Waals surface area contributed by atoms with Crippen molar-refractivity contribution in [3.8, 4) is 11.4 Å². The van der Waals surface area contributed by atoms with E-state index >= 15 is 0 Å². The van der Waals surface area contributed by atoms with Gasteiger partial charge < -0.3 is 19.9 Å². The summed E-state index contributed by atoms with van der Waals surface area (Å²) in [5.41, 5.74) is 0.213. The summed E-state index contributed by atoms with van der Waals surface area (Å²) in [4.78, 5) is 50.3. The molecule has 0 atom stereocenters. The van der Waals surface area contributed by atoms with Crippen LogP contribution in [-0.4, -0.2) is 99.7 Å². The average Bonchev–Trinajstić information content (AvgIpc) is 3.45.